The van der Waals surface area contributed by atoms with Crippen LogP contribution in [0.3, 0.4) is 0 Å². The first-order valence-corrected chi connectivity index (χ1v) is 8.22. The monoisotopic (exact) mass is 292 g/mol. The van der Waals surface area contributed by atoms with E-state index < -0.39 is 0 Å². The van der Waals surface area contributed by atoms with Gasteiger partial charge in [-0.3, -0.25) is 10.00 Å². The number of hydrogen-bond acceptors (Lipinski definition) is 4. The molecule has 1 saturated carbocycles. The molecule has 118 valence electrons. The molecule has 5 nitrogen and oxygen atoms in total. The van der Waals surface area contributed by atoms with Crippen LogP contribution < -0.4 is 0 Å². The smallest absolute Gasteiger partial charge is 0.0710 e. The molecule has 3 rings (SSSR count). The minimum Gasteiger partial charge on any atom is -0.380 e. The summed E-state index contributed by atoms with van der Waals surface area (Å²) >= 11 is 0. The van der Waals surface area contributed by atoms with E-state index in [1.807, 2.05) is 19.5 Å². The maximum Gasteiger partial charge on any atom is 0.0710 e. The molecule has 1 aromatic rings. The lowest BCUT2D eigenvalue weighted by atomic mass is 10.1. The zero-order valence-corrected chi connectivity index (χ0v) is 13.3. The van der Waals surface area contributed by atoms with Gasteiger partial charge in [0.2, 0.25) is 0 Å². The molecule has 2 fully saturated rings. The van der Waals surface area contributed by atoms with Gasteiger partial charge in [-0.05, 0) is 38.3 Å². The minimum atomic E-state index is 0.447. The van der Waals surface area contributed by atoms with Crippen molar-refractivity contribution in [2.75, 3.05) is 33.8 Å². The van der Waals surface area contributed by atoms with Gasteiger partial charge in [0.05, 0.1) is 12.3 Å². The van der Waals surface area contributed by atoms with Crippen molar-refractivity contribution >= 4 is 0 Å². The number of methoxy groups -OCH3 is 1. The normalized spacial score (nSPS) is 30.5. The Bertz CT molecular complexity index is 422. The molecule has 21 heavy (non-hydrogen) atoms. The lowest BCUT2D eigenvalue weighted by Gasteiger charge is -2.35. The van der Waals surface area contributed by atoms with Crippen molar-refractivity contribution in [1.29, 1.82) is 0 Å². The maximum atomic E-state index is 5.53. The molecular weight excluding hydrogens is 264 g/mol. The van der Waals surface area contributed by atoms with E-state index in [9.17, 15) is 0 Å². The van der Waals surface area contributed by atoms with Crippen LogP contribution in [0.25, 0.3) is 0 Å². The second-order valence-electron chi connectivity index (χ2n) is 6.54. The number of nitrogens with zero attached hydrogens (tertiary/aromatic N) is 3. The van der Waals surface area contributed by atoms with Gasteiger partial charge in [0.15, 0.2) is 0 Å². The van der Waals surface area contributed by atoms with Crippen LogP contribution >= 0.6 is 0 Å². The third-order valence-corrected chi connectivity index (χ3v) is 5.30. The van der Waals surface area contributed by atoms with Gasteiger partial charge >= 0.3 is 0 Å². The quantitative estimate of drug-likeness (QED) is 0.863. The molecule has 1 saturated heterocycles. The fourth-order valence-electron chi connectivity index (χ4n) is 3.99. The Morgan fingerprint density at radius 3 is 3.05 bits per heavy atom. The van der Waals surface area contributed by atoms with E-state index in [1.165, 1.54) is 37.8 Å². The van der Waals surface area contributed by atoms with Gasteiger partial charge in [0.25, 0.3) is 0 Å². The van der Waals surface area contributed by atoms with Crippen LogP contribution in [-0.4, -0.2) is 72.0 Å². The number of aromatic amines is 1. The second-order valence-corrected chi connectivity index (χ2v) is 6.54. The largest absolute Gasteiger partial charge is 0.380 e. The number of nitrogens with one attached hydrogen (secondary N) is 1. The van der Waals surface area contributed by atoms with Crippen LogP contribution in [0, 0.1) is 0 Å². The lowest BCUT2D eigenvalue weighted by molar-refractivity contribution is 0.0858. The standard InChI is InChI=1S/C16H28N4O/c1-19(8-6-13-10-17-18-11-13)15-4-3-5-16(15)20-9-7-14(12-20)21-2/h10-11,14-16H,3-9,12H2,1-2H3,(H,17,18)/t14?,15-,16+/m1/s1. The molecule has 0 radical (unpaired) electrons. The molecular formula is C16H28N4O. The number of likely N-dealkylation sites (N-methyl/N-ethyl adjacent to an activating group) is 1. The SMILES string of the molecule is COC1CCN([C@H]2CCC[C@H]2N(C)CCc2cn[nH]c2)C1. The van der Waals surface area contributed by atoms with Crippen molar-refractivity contribution in [2.24, 2.45) is 0 Å². The summed E-state index contributed by atoms with van der Waals surface area (Å²) in [5, 5.41) is 6.92. The zero-order chi connectivity index (χ0) is 14.7. The summed E-state index contributed by atoms with van der Waals surface area (Å²) in [6.07, 6.45) is 10.7. The Labute approximate surface area is 127 Å². The van der Waals surface area contributed by atoms with E-state index in [1.54, 1.807) is 0 Å². The Morgan fingerprint density at radius 1 is 1.43 bits per heavy atom. The highest BCUT2D eigenvalue weighted by Crippen LogP contribution is 2.30. The van der Waals surface area contributed by atoms with E-state index in [2.05, 4.69) is 27.0 Å². The first kappa shape index (κ1) is 15.0. The van der Waals surface area contributed by atoms with Gasteiger partial charge in [-0.25, -0.2) is 0 Å². The molecule has 0 spiro atoms. The highest BCUT2D eigenvalue weighted by molar-refractivity contribution is 5.03. The van der Waals surface area contributed by atoms with Crippen LogP contribution in [0.5, 0.6) is 0 Å². The average molecular weight is 292 g/mol. The van der Waals surface area contributed by atoms with Crippen LogP contribution in [0.1, 0.15) is 31.2 Å². The Hall–Kier alpha value is -0.910. The number of rotatable bonds is 6. The van der Waals surface area contributed by atoms with E-state index in [0.717, 1.165) is 25.6 Å². The second kappa shape index (κ2) is 6.90. The molecule has 5 heteroatoms. The van der Waals surface area contributed by atoms with Crippen LogP contribution in [-0.2, 0) is 11.2 Å². The highest BCUT2D eigenvalue weighted by Gasteiger charge is 2.37. The van der Waals surface area contributed by atoms with Gasteiger partial charge in [-0.1, -0.05) is 6.42 Å². The number of ether oxygens (including phenoxy) is 1. The number of aromatic nitrogens is 2. The first-order valence-electron chi connectivity index (χ1n) is 8.22. The van der Waals surface area contributed by atoms with Gasteiger partial charge in [-0.15, -0.1) is 0 Å². The van der Waals surface area contributed by atoms with E-state index in [4.69, 9.17) is 4.74 Å². The molecule has 1 aliphatic carbocycles. The topological polar surface area (TPSA) is 44.4 Å². The van der Waals surface area contributed by atoms with Crippen LogP contribution in [0.2, 0.25) is 0 Å². The zero-order valence-electron chi connectivity index (χ0n) is 13.3. The van der Waals surface area contributed by atoms with E-state index in [0.29, 0.717) is 12.1 Å². The predicted octanol–water partition coefficient (Wildman–Crippen LogP) is 1.53. The third-order valence-electron chi connectivity index (χ3n) is 5.30. The molecule has 3 atom stereocenters. The van der Waals surface area contributed by atoms with Crippen molar-refractivity contribution in [3.8, 4) is 0 Å². The molecule has 0 bridgehead atoms. The summed E-state index contributed by atoms with van der Waals surface area (Å²) in [6, 6.07) is 1.42. The molecule has 0 aromatic carbocycles. The van der Waals surface area contributed by atoms with E-state index >= 15 is 0 Å². The summed E-state index contributed by atoms with van der Waals surface area (Å²) in [5.74, 6) is 0. The average Bonchev–Trinajstić information content (AvgIpc) is 3.23. The summed E-state index contributed by atoms with van der Waals surface area (Å²) in [6.45, 7) is 3.44. The summed E-state index contributed by atoms with van der Waals surface area (Å²) in [5.41, 5.74) is 1.30. The van der Waals surface area contributed by atoms with Crippen molar-refractivity contribution in [2.45, 2.75) is 50.3 Å². The fourth-order valence-corrected chi connectivity index (χ4v) is 3.99. The highest BCUT2D eigenvalue weighted by atomic mass is 16.5. The van der Waals surface area contributed by atoms with Crippen molar-refractivity contribution in [1.82, 2.24) is 20.0 Å². The Balaban J connectivity index is 1.53. The third kappa shape index (κ3) is 3.47. The summed E-state index contributed by atoms with van der Waals surface area (Å²) in [7, 11) is 4.13. The number of likely N-dealkylation sites (tertiary alicyclic amines) is 1. The first-order chi connectivity index (χ1) is 10.3. The summed E-state index contributed by atoms with van der Waals surface area (Å²) < 4.78 is 5.53. The molecule has 1 aliphatic heterocycles. The van der Waals surface area contributed by atoms with Gasteiger partial charge < -0.3 is 9.64 Å². The van der Waals surface area contributed by atoms with Gasteiger partial charge in [0, 0.05) is 45.0 Å². The number of H-pyrrole nitrogens is 1. The predicted molar refractivity (Wildman–Crippen MR) is 83.3 cm³/mol. The van der Waals surface area contributed by atoms with Crippen LogP contribution in [0.15, 0.2) is 12.4 Å². The van der Waals surface area contributed by atoms with Gasteiger partial charge in [-0.2, -0.15) is 5.10 Å². The number of hydrogen-bond donors (Lipinski definition) is 1. The fraction of sp³-hybridized carbons (Fsp3) is 0.812. The van der Waals surface area contributed by atoms with E-state index in [-0.39, 0.29) is 0 Å². The molecule has 2 heterocycles. The molecule has 1 unspecified atom stereocenters. The van der Waals surface area contributed by atoms with Crippen LogP contribution in [0.4, 0.5) is 0 Å². The summed E-state index contributed by atoms with van der Waals surface area (Å²) in [4.78, 5) is 5.23. The molecule has 1 aromatic heterocycles. The molecule has 1 N–H and O–H groups in total. The molecule has 2 aliphatic rings. The lowest BCUT2D eigenvalue weighted by Crippen LogP contribution is -2.47. The molecule has 0 amide bonds. The Morgan fingerprint density at radius 2 is 2.33 bits per heavy atom. The Kier molecular flexibility index (Phi) is 4.93. The van der Waals surface area contributed by atoms with Crippen molar-refractivity contribution < 1.29 is 4.74 Å². The minimum absolute atomic E-state index is 0.447. The van der Waals surface area contributed by atoms with Crippen molar-refractivity contribution in [3.05, 3.63) is 18.0 Å². The van der Waals surface area contributed by atoms with Crippen molar-refractivity contribution in [3.63, 3.8) is 0 Å². The maximum absolute atomic E-state index is 5.53. The van der Waals surface area contributed by atoms with Gasteiger partial charge in [0.1, 0.15) is 0 Å².